The number of hydrogen-bond donors (Lipinski definition) is 0. The molecule has 0 N–H and O–H groups in total. The molecular formula is C14H13ClF2OS2. The lowest BCUT2D eigenvalue weighted by atomic mass is 10.1. The van der Waals surface area contributed by atoms with Gasteiger partial charge in [-0.1, -0.05) is 24.6 Å². The van der Waals surface area contributed by atoms with Crippen molar-refractivity contribution in [3.05, 3.63) is 56.7 Å². The summed E-state index contributed by atoms with van der Waals surface area (Å²) < 4.78 is 39.8. The summed E-state index contributed by atoms with van der Waals surface area (Å²) in [6.07, 6.45) is 0.522. The third kappa shape index (κ3) is 3.65. The van der Waals surface area contributed by atoms with Crippen LogP contribution in [-0.4, -0.2) is 4.21 Å². The SMILES string of the molecule is CC[C@H](c1ccc(F)cc1F)[S@](=O)Cc1ccc(Cl)s1. The molecule has 6 heteroatoms. The second-order valence-corrected chi connectivity index (χ2v) is 7.71. The summed E-state index contributed by atoms with van der Waals surface area (Å²) in [5.74, 6) is -0.946. The van der Waals surface area contributed by atoms with Crippen LogP contribution >= 0.6 is 22.9 Å². The van der Waals surface area contributed by atoms with Crippen LogP contribution in [0.5, 0.6) is 0 Å². The zero-order valence-corrected chi connectivity index (χ0v) is 13.1. The molecule has 1 aromatic carbocycles. The summed E-state index contributed by atoms with van der Waals surface area (Å²) in [6.45, 7) is 1.84. The Morgan fingerprint density at radius 2 is 2.05 bits per heavy atom. The van der Waals surface area contributed by atoms with Crippen LogP contribution < -0.4 is 0 Å². The summed E-state index contributed by atoms with van der Waals surface area (Å²) in [6, 6.07) is 6.96. The van der Waals surface area contributed by atoms with E-state index in [1.807, 2.05) is 13.0 Å². The topological polar surface area (TPSA) is 17.1 Å². The van der Waals surface area contributed by atoms with Gasteiger partial charge in [0.25, 0.3) is 0 Å². The fraction of sp³-hybridized carbons (Fsp3) is 0.286. The summed E-state index contributed by atoms with van der Waals surface area (Å²) in [5.41, 5.74) is 0.301. The highest BCUT2D eigenvalue weighted by molar-refractivity contribution is 7.84. The lowest BCUT2D eigenvalue weighted by molar-refractivity contribution is 0.566. The van der Waals surface area contributed by atoms with E-state index < -0.39 is 27.7 Å². The van der Waals surface area contributed by atoms with Gasteiger partial charge in [0.1, 0.15) is 11.6 Å². The largest absolute Gasteiger partial charge is 0.259 e. The van der Waals surface area contributed by atoms with E-state index >= 15 is 0 Å². The second-order valence-electron chi connectivity index (χ2n) is 4.29. The summed E-state index contributed by atoms with van der Waals surface area (Å²) in [7, 11) is -1.27. The smallest absolute Gasteiger partial charge is 0.130 e. The Kier molecular flexibility index (Phi) is 5.29. The second kappa shape index (κ2) is 6.78. The van der Waals surface area contributed by atoms with Crippen LogP contribution in [-0.2, 0) is 16.6 Å². The molecule has 0 radical (unpaired) electrons. The molecule has 1 nitrogen and oxygen atoms in total. The minimum Gasteiger partial charge on any atom is -0.259 e. The first kappa shape index (κ1) is 15.6. The van der Waals surface area contributed by atoms with Crippen molar-refractivity contribution in [3.8, 4) is 0 Å². The molecule has 1 aromatic heterocycles. The van der Waals surface area contributed by atoms with E-state index in [1.165, 1.54) is 23.5 Å². The van der Waals surface area contributed by atoms with Crippen molar-refractivity contribution in [2.75, 3.05) is 0 Å². The van der Waals surface area contributed by atoms with Gasteiger partial charge in [-0.2, -0.15) is 0 Å². The number of hydrogen-bond acceptors (Lipinski definition) is 2. The maximum Gasteiger partial charge on any atom is 0.130 e. The number of benzene rings is 1. The molecule has 0 bridgehead atoms. The van der Waals surface area contributed by atoms with Gasteiger partial charge in [-0.3, -0.25) is 4.21 Å². The Hall–Kier alpha value is -0.780. The van der Waals surface area contributed by atoms with Gasteiger partial charge < -0.3 is 0 Å². The third-order valence-electron chi connectivity index (χ3n) is 2.91. The molecule has 0 fully saturated rings. The molecule has 0 spiro atoms. The Balaban J connectivity index is 2.20. The summed E-state index contributed by atoms with van der Waals surface area (Å²) in [4.78, 5) is 0.898. The van der Waals surface area contributed by atoms with Gasteiger partial charge in [-0.15, -0.1) is 11.3 Å². The quantitative estimate of drug-likeness (QED) is 0.745. The van der Waals surface area contributed by atoms with Crippen molar-refractivity contribution in [1.29, 1.82) is 0 Å². The van der Waals surface area contributed by atoms with E-state index in [-0.39, 0.29) is 0 Å². The Morgan fingerprint density at radius 3 is 2.60 bits per heavy atom. The van der Waals surface area contributed by atoms with Gasteiger partial charge in [-0.25, -0.2) is 8.78 Å². The van der Waals surface area contributed by atoms with Gasteiger partial charge in [0.05, 0.1) is 15.3 Å². The molecular weight excluding hydrogens is 322 g/mol. The number of halogens is 3. The molecule has 1 heterocycles. The molecule has 2 aromatic rings. The normalized spacial score (nSPS) is 14.2. The van der Waals surface area contributed by atoms with Crippen molar-refractivity contribution in [3.63, 3.8) is 0 Å². The Labute approximate surface area is 128 Å². The predicted molar refractivity (Wildman–Crippen MR) is 80.6 cm³/mol. The van der Waals surface area contributed by atoms with Crippen LogP contribution in [0.4, 0.5) is 8.78 Å². The van der Waals surface area contributed by atoms with Crippen molar-refractivity contribution in [2.24, 2.45) is 0 Å². The zero-order valence-electron chi connectivity index (χ0n) is 10.7. The lowest BCUT2D eigenvalue weighted by Crippen LogP contribution is -2.09. The highest BCUT2D eigenvalue weighted by Crippen LogP contribution is 2.30. The standard InChI is InChI=1S/C14H13ClF2OS2/c1-2-13(11-5-3-9(16)7-12(11)17)20(18)8-10-4-6-14(15)19-10/h3-7,13H,2,8H2,1H3/t13-,20-/m1/s1. The minimum absolute atomic E-state index is 0.301. The van der Waals surface area contributed by atoms with Gasteiger partial charge in [-0.05, 0) is 24.6 Å². The monoisotopic (exact) mass is 334 g/mol. The zero-order chi connectivity index (χ0) is 14.7. The first-order valence-electron chi connectivity index (χ1n) is 6.07. The molecule has 108 valence electrons. The Bertz CT molecular complexity index is 627. The minimum atomic E-state index is -1.27. The summed E-state index contributed by atoms with van der Waals surface area (Å²) in [5, 5.41) is -0.448. The van der Waals surface area contributed by atoms with Crippen molar-refractivity contribution in [2.45, 2.75) is 24.3 Å². The number of thiophene rings is 1. The number of rotatable bonds is 5. The van der Waals surface area contributed by atoms with E-state index in [1.54, 1.807) is 6.07 Å². The molecule has 0 unspecified atom stereocenters. The fourth-order valence-electron chi connectivity index (χ4n) is 1.98. The van der Waals surface area contributed by atoms with Gasteiger partial charge in [0, 0.05) is 27.3 Å². The van der Waals surface area contributed by atoms with Crippen LogP contribution in [0.2, 0.25) is 4.34 Å². The van der Waals surface area contributed by atoms with Crippen LogP contribution in [0, 0.1) is 11.6 Å². The van der Waals surface area contributed by atoms with Crippen molar-refractivity contribution < 1.29 is 13.0 Å². The maximum atomic E-state index is 13.8. The molecule has 0 aliphatic heterocycles. The molecule has 0 aliphatic rings. The van der Waals surface area contributed by atoms with E-state index in [4.69, 9.17) is 11.6 Å². The highest BCUT2D eigenvalue weighted by atomic mass is 35.5. The van der Waals surface area contributed by atoms with E-state index in [9.17, 15) is 13.0 Å². The highest BCUT2D eigenvalue weighted by Gasteiger charge is 2.21. The average Bonchev–Trinajstić information content (AvgIpc) is 2.78. The molecule has 0 amide bonds. The van der Waals surface area contributed by atoms with E-state index in [0.29, 0.717) is 22.1 Å². The average molecular weight is 335 g/mol. The third-order valence-corrected chi connectivity index (χ3v) is 6.14. The molecule has 2 atom stereocenters. The van der Waals surface area contributed by atoms with Gasteiger partial charge in [0.2, 0.25) is 0 Å². The van der Waals surface area contributed by atoms with Crippen molar-refractivity contribution >= 4 is 33.7 Å². The maximum absolute atomic E-state index is 13.8. The van der Waals surface area contributed by atoms with Crippen LogP contribution in [0.1, 0.15) is 29.0 Å². The van der Waals surface area contributed by atoms with E-state index in [0.717, 1.165) is 10.9 Å². The predicted octanol–water partition coefficient (Wildman–Crippen LogP) is 5.08. The molecule has 2 rings (SSSR count). The van der Waals surface area contributed by atoms with Gasteiger partial charge >= 0.3 is 0 Å². The fourth-order valence-corrected chi connectivity index (χ4v) is 4.87. The molecule has 0 saturated heterocycles. The van der Waals surface area contributed by atoms with Gasteiger partial charge in [0.15, 0.2) is 0 Å². The van der Waals surface area contributed by atoms with Crippen LogP contribution in [0.3, 0.4) is 0 Å². The molecule has 0 saturated carbocycles. The summed E-state index contributed by atoms with van der Waals surface area (Å²) >= 11 is 7.20. The molecule has 20 heavy (non-hydrogen) atoms. The first-order chi connectivity index (χ1) is 9.51. The lowest BCUT2D eigenvalue weighted by Gasteiger charge is -2.15. The van der Waals surface area contributed by atoms with E-state index in [2.05, 4.69) is 0 Å². The van der Waals surface area contributed by atoms with Crippen molar-refractivity contribution in [1.82, 2.24) is 0 Å². The molecule has 0 aliphatic carbocycles. The van der Waals surface area contributed by atoms with Crippen LogP contribution in [0.15, 0.2) is 30.3 Å². The Morgan fingerprint density at radius 1 is 1.30 bits per heavy atom. The van der Waals surface area contributed by atoms with Crippen LogP contribution in [0.25, 0.3) is 0 Å². The first-order valence-corrected chi connectivity index (χ1v) is 8.65.